The van der Waals surface area contributed by atoms with Crippen LogP contribution in [0, 0.1) is 0 Å². The summed E-state index contributed by atoms with van der Waals surface area (Å²) in [5.41, 5.74) is 8.82. The van der Waals surface area contributed by atoms with Crippen LogP contribution in [0.3, 0.4) is 0 Å². The minimum atomic E-state index is 0.684. The summed E-state index contributed by atoms with van der Waals surface area (Å²) < 4.78 is 5.31. The van der Waals surface area contributed by atoms with Crippen molar-refractivity contribution in [3.05, 3.63) is 42.0 Å². The van der Waals surface area contributed by atoms with Crippen molar-refractivity contribution in [1.29, 1.82) is 0 Å². The van der Waals surface area contributed by atoms with E-state index in [-0.39, 0.29) is 0 Å². The molecule has 2 rings (SSSR count). The zero-order chi connectivity index (χ0) is 11.4. The van der Waals surface area contributed by atoms with Gasteiger partial charge in [0.25, 0.3) is 0 Å². The summed E-state index contributed by atoms with van der Waals surface area (Å²) in [4.78, 5) is 4.24. The van der Waals surface area contributed by atoms with Gasteiger partial charge in [-0.15, -0.1) is 0 Å². The maximum atomic E-state index is 5.51. The molecule has 0 aliphatic heterocycles. The molecular weight excluding hydrogens is 200 g/mol. The number of hydrogen-bond donors (Lipinski definition) is 1. The van der Waals surface area contributed by atoms with E-state index >= 15 is 0 Å². The number of nitrogens with zero attached hydrogens (tertiary/aromatic N) is 1. The summed E-state index contributed by atoms with van der Waals surface area (Å²) in [6.07, 6.45) is 3.28. The highest BCUT2D eigenvalue weighted by atomic mass is 16.3. The zero-order valence-corrected chi connectivity index (χ0v) is 9.44. The number of aromatic nitrogens is 1. The maximum absolute atomic E-state index is 5.51. The van der Waals surface area contributed by atoms with E-state index in [9.17, 15) is 0 Å². The molecule has 0 saturated carbocycles. The van der Waals surface area contributed by atoms with E-state index in [1.54, 1.807) is 0 Å². The smallest absolute Gasteiger partial charge is 0.181 e. The van der Waals surface area contributed by atoms with Gasteiger partial charge in [-0.1, -0.05) is 31.2 Å². The standard InChI is InChI=1S/C13H16N2O/c1-2-12-13(15-9-16-12)11-5-3-10(4-6-11)7-8-14/h3-6,9H,2,7-8,14H2,1H3. The first-order chi connectivity index (χ1) is 7.85. The molecule has 0 spiro atoms. The van der Waals surface area contributed by atoms with Crippen molar-refractivity contribution >= 4 is 0 Å². The van der Waals surface area contributed by atoms with Crippen LogP contribution in [-0.4, -0.2) is 11.5 Å². The molecule has 16 heavy (non-hydrogen) atoms. The third kappa shape index (κ3) is 2.14. The fourth-order valence-corrected chi connectivity index (χ4v) is 1.75. The third-order valence-electron chi connectivity index (χ3n) is 2.62. The van der Waals surface area contributed by atoms with Gasteiger partial charge in [-0.25, -0.2) is 4.98 Å². The number of benzene rings is 1. The molecule has 0 radical (unpaired) electrons. The third-order valence-corrected chi connectivity index (χ3v) is 2.62. The van der Waals surface area contributed by atoms with E-state index in [1.165, 1.54) is 12.0 Å². The maximum Gasteiger partial charge on any atom is 0.181 e. The number of oxazole rings is 1. The van der Waals surface area contributed by atoms with Gasteiger partial charge < -0.3 is 10.2 Å². The zero-order valence-electron chi connectivity index (χ0n) is 9.44. The van der Waals surface area contributed by atoms with Gasteiger partial charge in [0, 0.05) is 12.0 Å². The van der Waals surface area contributed by atoms with Crippen LogP contribution in [0.4, 0.5) is 0 Å². The lowest BCUT2D eigenvalue weighted by atomic mass is 10.1. The molecule has 0 aliphatic rings. The van der Waals surface area contributed by atoms with Crippen LogP contribution < -0.4 is 5.73 Å². The first kappa shape index (κ1) is 10.9. The molecule has 3 nitrogen and oxygen atoms in total. The Morgan fingerprint density at radius 2 is 2.00 bits per heavy atom. The molecule has 0 fully saturated rings. The fourth-order valence-electron chi connectivity index (χ4n) is 1.75. The van der Waals surface area contributed by atoms with Gasteiger partial charge in [0.1, 0.15) is 11.5 Å². The topological polar surface area (TPSA) is 52.0 Å². The highest BCUT2D eigenvalue weighted by Crippen LogP contribution is 2.22. The van der Waals surface area contributed by atoms with Crippen molar-refractivity contribution in [3.63, 3.8) is 0 Å². The molecule has 1 aromatic heterocycles. The van der Waals surface area contributed by atoms with Crippen LogP contribution in [0.25, 0.3) is 11.3 Å². The van der Waals surface area contributed by atoms with E-state index < -0.39 is 0 Å². The molecule has 0 bridgehead atoms. The molecule has 3 heteroatoms. The Kier molecular flexibility index (Phi) is 3.37. The first-order valence-corrected chi connectivity index (χ1v) is 5.57. The van der Waals surface area contributed by atoms with Crippen LogP contribution >= 0.6 is 0 Å². The highest BCUT2D eigenvalue weighted by Gasteiger charge is 2.08. The molecule has 2 N–H and O–H groups in total. The number of rotatable bonds is 4. The Balaban J connectivity index is 2.27. The predicted octanol–water partition coefficient (Wildman–Crippen LogP) is 2.41. The van der Waals surface area contributed by atoms with Gasteiger partial charge in [0.15, 0.2) is 6.39 Å². The number of hydrogen-bond acceptors (Lipinski definition) is 3. The van der Waals surface area contributed by atoms with Crippen LogP contribution in [0.1, 0.15) is 18.2 Å². The second-order valence-corrected chi connectivity index (χ2v) is 3.71. The normalized spacial score (nSPS) is 10.6. The summed E-state index contributed by atoms with van der Waals surface area (Å²) >= 11 is 0. The monoisotopic (exact) mass is 216 g/mol. The van der Waals surface area contributed by atoms with Crippen molar-refractivity contribution in [2.24, 2.45) is 5.73 Å². The minimum absolute atomic E-state index is 0.684. The molecule has 1 aromatic carbocycles. The Bertz CT molecular complexity index is 445. The van der Waals surface area contributed by atoms with Gasteiger partial charge in [-0.05, 0) is 18.5 Å². The lowest BCUT2D eigenvalue weighted by molar-refractivity contribution is 0.510. The molecule has 0 atom stereocenters. The lowest BCUT2D eigenvalue weighted by Crippen LogP contribution is -2.02. The average molecular weight is 216 g/mol. The van der Waals surface area contributed by atoms with Crippen LogP contribution in [-0.2, 0) is 12.8 Å². The van der Waals surface area contributed by atoms with E-state index in [0.29, 0.717) is 6.54 Å². The molecular formula is C13H16N2O. The largest absolute Gasteiger partial charge is 0.448 e. The highest BCUT2D eigenvalue weighted by molar-refractivity contribution is 5.61. The van der Waals surface area contributed by atoms with Gasteiger partial charge in [-0.2, -0.15) is 0 Å². The van der Waals surface area contributed by atoms with Gasteiger partial charge >= 0.3 is 0 Å². The predicted molar refractivity (Wildman–Crippen MR) is 64.1 cm³/mol. The summed E-state index contributed by atoms with van der Waals surface area (Å²) in [5.74, 6) is 0.937. The Hall–Kier alpha value is -1.61. The van der Waals surface area contributed by atoms with Crippen LogP contribution in [0.5, 0.6) is 0 Å². The van der Waals surface area contributed by atoms with Crippen LogP contribution in [0.15, 0.2) is 35.1 Å². The number of nitrogens with two attached hydrogens (primary N) is 1. The molecule has 1 heterocycles. The summed E-state index contributed by atoms with van der Waals surface area (Å²) in [5, 5.41) is 0. The summed E-state index contributed by atoms with van der Waals surface area (Å²) in [6, 6.07) is 8.33. The second-order valence-electron chi connectivity index (χ2n) is 3.71. The van der Waals surface area contributed by atoms with Crippen molar-refractivity contribution in [3.8, 4) is 11.3 Å². The van der Waals surface area contributed by atoms with E-state index in [1.807, 2.05) is 0 Å². The fraction of sp³-hybridized carbons (Fsp3) is 0.308. The molecule has 84 valence electrons. The molecule has 0 amide bonds. The minimum Gasteiger partial charge on any atom is -0.448 e. The van der Waals surface area contributed by atoms with Crippen molar-refractivity contribution in [2.75, 3.05) is 6.54 Å². The van der Waals surface area contributed by atoms with E-state index in [4.69, 9.17) is 10.2 Å². The quantitative estimate of drug-likeness (QED) is 0.853. The molecule has 2 aromatic rings. The lowest BCUT2D eigenvalue weighted by Gasteiger charge is -2.02. The van der Waals surface area contributed by atoms with Crippen molar-refractivity contribution < 1.29 is 4.42 Å². The molecule has 0 saturated heterocycles. The van der Waals surface area contributed by atoms with Crippen molar-refractivity contribution in [2.45, 2.75) is 19.8 Å². The van der Waals surface area contributed by atoms with Gasteiger partial charge in [0.05, 0.1) is 0 Å². The van der Waals surface area contributed by atoms with E-state index in [2.05, 4.69) is 36.2 Å². The summed E-state index contributed by atoms with van der Waals surface area (Å²) in [7, 11) is 0. The summed E-state index contributed by atoms with van der Waals surface area (Å²) in [6.45, 7) is 2.75. The van der Waals surface area contributed by atoms with Crippen molar-refractivity contribution in [1.82, 2.24) is 4.98 Å². The Morgan fingerprint density at radius 1 is 1.25 bits per heavy atom. The van der Waals surface area contributed by atoms with Gasteiger partial charge in [0.2, 0.25) is 0 Å². The Morgan fingerprint density at radius 3 is 2.62 bits per heavy atom. The van der Waals surface area contributed by atoms with E-state index in [0.717, 1.165) is 29.9 Å². The molecule has 0 aliphatic carbocycles. The first-order valence-electron chi connectivity index (χ1n) is 5.57. The van der Waals surface area contributed by atoms with Gasteiger partial charge in [-0.3, -0.25) is 0 Å². The SMILES string of the molecule is CCc1ocnc1-c1ccc(CCN)cc1. The molecule has 0 unspecified atom stereocenters. The average Bonchev–Trinajstić information content (AvgIpc) is 2.78. The number of aryl methyl sites for hydroxylation is 1. The van der Waals surface area contributed by atoms with Crippen LogP contribution in [0.2, 0.25) is 0 Å². The Labute approximate surface area is 95.3 Å². The second kappa shape index (κ2) is 4.94.